The van der Waals surface area contributed by atoms with E-state index in [-0.39, 0.29) is 5.25 Å². The first kappa shape index (κ1) is 18.3. The summed E-state index contributed by atoms with van der Waals surface area (Å²) in [6.07, 6.45) is 0. The zero-order valence-electron chi connectivity index (χ0n) is 14.3. The first-order valence-corrected chi connectivity index (χ1v) is 11.4. The van der Waals surface area contributed by atoms with Gasteiger partial charge in [0.2, 0.25) is 0 Å². The van der Waals surface area contributed by atoms with Gasteiger partial charge in [-0.3, -0.25) is 0 Å². The molecule has 1 N–H and O–H groups in total. The van der Waals surface area contributed by atoms with Gasteiger partial charge in [-0.1, -0.05) is 48.5 Å². The number of H-pyrrole nitrogens is 1. The molecule has 1 heterocycles. The first-order valence-electron chi connectivity index (χ1n) is 8.35. The van der Waals surface area contributed by atoms with E-state index in [2.05, 4.69) is 17.1 Å². The third-order valence-corrected chi connectivity index (χ3v) is 7.93. The topological polar surface area (TPSA) is 51.3 Å². The van der Waals surface area contributed by atoms with Crippen molar-refractivity contribution in [1.29, 1.82) is 0 Å². The molecule has 132 valence electrons. The number of rotatable bonds is 8. The Balaban J connectivity index is 2.02. The van der Waals surface area contributed by atoms with E-state index in [1.807, 2.05) is 62.4 Å². The highest BCUT2D eigenvalue weighted by atomic mass is 32.7. The lowest BCUT2D eigenvalue weighted by Gasteiger charge is -2.22. The average molecular weight is 375 g/mol. The Morgan fingerprint density at radius 1 is 1.00 bits per heavy atom. The maximum Gasteiger partial charge on any atom is 0.390 e. The minimum atomic E-state index is -3.25. The lowest BCUT2D eigenvalue weighted by atomic mass is 10.1. The van der Waals surface area contributed by atoms with Crippen LogP contribution in [-0.2, 0) is 13.6 Å². The molecule has 4 nitrogen and oxygen atoms in total. The minimum absolute atomic E-state index is 0.169. The molecular formula is C19H22NO3PS. The van der Waals surface area contributed by atoms with Crippen LogP contribution in [0.5, 0.6) is 0 Å². The molecule has 0 fully saturated rings. The molecule has 1 aromatic heterocycles. The molecule has 3 aromatic rings. The van der Waals surface area contributed by atoms with E-state index < -0.39 is 6.80 Å². The second-order valence-corrected chi connectivity index (χ2v) is 9.56. The van der Waals surface area contributed by atoms with Crippen LogP contribution in [0.1, 0.15) is 30.4 Å². The predicted octanol–water partition coefficient (Wildman–Crippen LogP) is 6.17. The Morgan fingerprint density at radius 2 is 1.64 bits per heavy atom. The maximum atomic E-state index is 13.1. The van der Waals surface area contributed by atoms with E-state index in [9.17, 15) is 4.57 Å². The van der Waals surface area contributed by atoms with Crippen molar-refractivity contribution in [2.45, 2.75) is 19.1 Å². The fourth-order valence-corrected chi connectivity index (χ4v) is 6.79. The molecule has 0 aliphatic carbocycles. The number of nitrogens with one attached hydrogen (secondary N) is 1. The smallest absolute Gasteiger partial charge is 0.357 e. The van der Waals surface area contributed by atoms with Crippen LogP contribution >= 0.6 is 18.2 Å². The molecule has 0 saturated carbocycles. The molecular weight excluding hydrogens is 353 g/mol. The molecule has 2 aromatic carbocycles. The summed E-state index contributed by atoms with van der Waals surface area (Å²) >= 11 is 1.24. The zero-order chi connectivity index (χ0) is 17.7. The largest absolute Gasteiger partial charge is 0.390 e. The van der Waals surface area contributed by atoms with Gasteiger partial charge < -0.3 is 14.0 Å². The molecule has 0 saturated heterocycles. The molecule has 0 aliphatic heterocycles. The van der Waals surface area contributed by atoms with Gasteiger partial charge in [0.25, 0.3) is 0 Å². The fraction of sp³-hybridized carbons (Fsp3) is 0.263. The Kier molecular flexibility index (Phi) is 6.02. The average Bonchev–Trinajstić information content (AvgIpc) is 3.05. The first-order chi connectivity index (χ1) is 12.1. The molecule has 6 heteroatoms. The number of benzene rings is 2. The normalized spacial score (nSPS) is 13.2. The number of fused-ring (bicyclic) bond motifs is 1. The third kappa shape index (κ3) is 4.36. The van der Waals surface area contributed by atoms with E-state index in [4.69, 9.17) is 9.05 Å². The van der Waals surface area contributed by atoms with Crippen LogP contribution in [0.2, 0.25) is 0 Å². The lowest BCUT2D eigenvalue weighted by Crippen LogP contribution is -2.00. The number of hydrogen-bond acceptors (Lipinski definition) is 4. The van der Waals surface area contributed by atoms with Gasteiger partial charge >= 0.3 is 6.80 Å². The van der Waals surface area contributed by atoms with Gasteiger partial charge in [-0.15, -0.1) is 0 Å². The Morgan fingerprint density at radius 3 is 2.28 bits per heavy atom. The molecule has 3 rings (SSSR count). The molecule has 0 aliphatic rings. The predicted molar refractivity (Wildman–Crippen MR) is 105 cm³/mol. The van der Waals surface area contributed by atoms with Gasteiger partial charge in [0, 0.05) is 11.2 Å². The van der Waals surface area contributed by atoms with Crippen molar-refractivity contribution in [3.8, 4) is 0 Å². The van der Waals surface area contributed by atoms with Crippen molar-refractivity contribution in [3.05, 3.63) is 71.9 Å². The van der Waals surface area contributed by atoms with Crippen LogP contribution in [0.3, 0.4) is 0 Å². The monoisotopic (exact) mass is 375 g/mol. The van der Waals surface area contributed by atoms with Gasteiger partial charge in [-0.25, -0.2) is 4.57 Å². The number of hydrogen-bond donors (Lipinski definition) is 1. The summed E-state index contributed by atoms with van der Waals surface area (Å²) in [7, 11) is 0. The fourth-order valence-electron chi connectivity index (χ4n) is 2.71. The summed E-state index contributed by atoms with van der Waals surface area (Å²) in [6.45, 7) is 1.09. The highest BCUT2D eigenvalue weighted by molar-refractivity contribution is 8.55. The molecule has 1 atom stereocenters. The Bertz CT molecular complexity index is 822. The second-order valence-electron chi connectivity index (χ2n) is 5.49. The van der Waals surface area contributed by atoms with Crippen LogP contribution in [0.4, 0.5) is 0 Å². The molecule has 0 radical (unpaired) electrons. The SMILES string of the molecule is CCOP(=O)(OCC)SC(c1ccccc1)c1cc2ccccc2[nH]1. The number of aromatic nitrogens is 1. The van der Waals surface area contributed by atoms with Crippen molar-refractivity contribution in [2.75, 3.05) is 13.2 Å². The van der Waals surface area contributed by atoms with Gasteiger partial charge in [0.15, 0.2) is 0 Å². The highest BCUT2D eigenvalue weighted by Gasteiger charge is 2.32. The molecule has 0 bridgehead atoms. The summed E-state index contributed by atoms with van der Waals surface area (Å²) in [5.74, 6) is 0. The van der Waals surface area contributed by atoms with Crippen molar-refractivity contribution in [1.82, 2.24) is 4.98 Å². The second kappa shape index (κ2) is 8.24. The van der Waals surface area contributed by atoms with Gasteiger partial charge in [0.1, 0.15) is 0 Å². The van der Waals surface area contributed by atoms with Crippen LogP contribution in [0, 0.1) is 0 Å². The van der Waals surface area contributed by atoms with Crippen LogP contribution in [0.25, 0.3) is 10.9 Å². The maximum absolute atomic E-state index is 13.1. The van der Waals surface area contributed by atoms with Crippen molar-refractivity contribution >= 4 is 29.1 Å². The number of aromatic amines is 1. The van der Waals surface area contributed by atoms with Crippen LogP contribution in [-0.4, -0.2) is 18.2 Å². The van der Waals surface area contributed by atoms with Gasteiger partial charge in [-0.2, -0.15) is 0 Å². The third-order valence-electron chi connectivity index (χ3n) is 3.74. The summed E-state index contributed by atoms with van der Waals surface area (Å²) in [4.78, 5) is 3.45. The zero-order valence-corrected chi connectivity index (χ0v) is 16.1. The van der Waals surface area contributed by atoms with Crippen LogP contribution in [0.15, 0.2) is 60.7 Å². The molecule has 1 unspecified atom stereocenters. The van der Waals surface area contributed by atoms with Crippen LogP contribution < -0.4 is 0 Å². The number of para-hydroxylation sites is 1. The Labute approximate surface area is 152 Å². The van der Waals surface area contributed by atoms with E-state index in [1.165, 1.54) is 11.4 Å². The van der Waals surface area contributed by atoms with Crippen molar-refractivity contribution < 1.29 is 13.6 Å². The van der Waals surface area contributed by atoms with Gasteiger partial charge in [-0.05, 0) is 48.3 Å². The highest BCUT2D eigenvalue weighted by Crippen LogP contribution is 2.66. The summed E-state index contributed by atoms with van der Waals surface area (Å²) in [6, 6.07) is 20.2. The Hall–Kier alpha value is -1.52. The molecule has 0 spiro atoms. The summed E-state index contributed by atoms with van der Waals surface area (Å²) in [5.41, 5.74) is 3.09. The lowest BCUT2D eigenvalue weighted by molar-refractivity contribution is 0.236. The van der Waals surface area contributed by atoms with Crippen molar-refractivity contribution in [2.24, 2.45) is 0 Å². The quantitative estimate of drug-likeness (QED) is 0.478. The summed E-state index contributed by atoms with van der Waals surface area (Å²) < 4.78 is 24.1. The van der Waals surface area contributed by atoms with Gasteiger partial charge in [0.05, 0.1) is 18.5 Å². The summed E-state index contributed by atoms with van der Waals surface area (Å²) in [5, 5.41) is 0.958. The minimum Gasteiger partial charge on any atom is -0.357 e. The van der Waals surface area contributed by atoms with E-state index >= 15 is 0 Å². The standard InChI is InChI=1S/C19H22NO3PS/c1-3-22-24(21,23-4-2)25-19(15-10-6-5-7-11-15)18-14-16-12-8-9-13-17(16)20-18/h5-14,19-20H,3-4H2,1-2H3. The molecule has 25 heavy (non-hydrogen) atoms. The van der Waals surface area contributed by atoms with E-state index in [0.717, 1.165) is 22.2 Å². The van der Waals surface area contributed by atoms with E-state index in [0.29, 0.717) is 13.2 Å². The van der Waals surface area contributed by atoms with Crippen molar-refractivity contribution in [3.63, 3.8) is 0 Å². The van der Waals surface area contributed by atoms with E-state index in [1.54, 1.807) is 0 Å². The molecule has 0 amide bonds.